The molecule has 1 aromatic heterocycles. The molecule has 0 fully saturated rings. The number of rotatable bonds is 2. The lowest BCUT2D eigenvalue weighted by Crippen LogP contribution is -2.44. The molecule has 2 amide bonds. The van der Waals surface area contributed by atoms with E-state index in [-0.39, 0.29) is 17.1 Å². The fraction of sp³-hybridized carbons (Fsp3) is 0.0833. The van der Waals surface area contributed by atoms with E-state index in [1.54, 1.807) is 0 Å². The smallest absolute Gasteiger partial charge is 0.327 e. The predicted molar refractivity (Wildman–Crippen MR) is 74.8 cm³/mol. The summed E-state index contributed by atoms with van der Waals surface area (Å²) in [6, 6.07) is 3.97. The summed E-state index contributed by atoms with van der Waals surface area (Å²) in [5.74, 6) is 0.000790. The molecule has 0 radical (unpaired) electrons. The highest BCUT2D eigenvalue weighted by Gasteiger charge is 2.29. The number of urea groups is 1. The number of nitrogens with zero attached hydrogens (tertiary/aromatic N) is 1. The number of amides is 2. The first-order chi connectivity index (χ1) is 10.5. The summed E-state index contributed by atoms with van der Waals surface area (Å²) >= 11 is 0. The average molecular weight is 303 g/mol. The zero-order valence-corrected chi connectivity index (χ0v) is 10.9. The Bertz CT molecular complexity index is 882. The monoisotopic (exact) mass is 303 g/mol. The maximum atomic E-state index is 12.0. The molecule has 2 heterocycles. The van der Waals surface area contributed by atoms with Gasteiger partial charge in [-0.3, -0.25) is 30.2 Å². The largest absolute Gasteiger partial charge is 0.327 e. The molecule has 10 heteroatoms. The number of nitro groups is 1. The molecule has 1 aliphatic heterocycles. The maximum absolute atomic E-state index is 12.0. The molecule has 1 aromatic carbocycles. The van der Waals surface area contributed by atoms with Crippen LogP contribution in [0.25, 0.3) is 0 Å². The van der Waals surface area contributed by atoms with Crippen molar-refractivity contribution in [1.29, 1.82) is 0 Å². The van der Waals surface area contributed by atoms with Crippen LogP contribution in [0, 0.1) is 10.1 Å². The molecule has 1 unspecified atom stereocenters. The number of nitro benzene ring substituents is 1. The van der Waals surface area contributed by atoms with Gasteiger partial charge in [-0.25, -0.2) is 9.59 Å². The topological polar surface area (TPSA) is 150 Å². The third-order valence-electron chi connectivity index (χ3n) is 3.22. The molecule has 10 nitrogen and oxygen atoms in total. The van der Waals surface area contributed by atoms with Crippen molar-refractivity contribution < 1.29 is 9.72 Å². The van der Waals surface area contributed by atoms with Gasteiger partial charge in [0.15, 0.2) is 0 Å². The normalized spacial score (nSPS) is 16.4. The Hall–Kier alpha value is -3.43. The number of nitrogens with one attached hydrogen (secondary N) is 4. The molecule has 0 aliphatic carbocycles. The van der Waals surface area contributed by atoms with Crippen molar-refractivity contribution in [2.75, 3.05) is 5.32 Å². The summed E-state index contributed by atoms with van der Waals surface area (Å²) in [4.78, 5) is 49.4. The van der Waals surface area contributed by atoms with Crippen LogP contribution in [0.4, 0.5) is 16.3 Å². The number of non-ortho nitro benzene ring substituents is 1. The van der Waals surface area contributed by atoms with Crippen molar-refractivity contribution in [2.24, 2.45) is 0 Å². The Balaban J connectivity index is 2.13. The molecule has 22 heavy (non-hydrogen) atoms. The molecule has 112 valence electrons. The van der Waals surface area contributed by atoms with Crippen molar-refractivity contribution in [2.45, 2.75) is 6.04 Å². The Morgan fingerprint density at radius 3 is 2.36 bits per heavy atom. The highest BCUT2D eigenvalue weighted by Crippen LogP contribution is 2.27. The number of benzene rings is 1. The number of carbonyl (C=O) groups excluding carboxylic acids is 1. The molecule has 0 saturated carbocycles. The summed E-state index contributed by atoms with van der Waals surface area (Å²) in [6.45, 7) is 0. The Labute approximate surface area is 121 Å². The second-order valence-electron chi connectivity index (χ2n) is 4.58. The number of H-pyrrole nitrogens is 2. The Morgan fingerprint density at radius 1 is 1.05 bits per heavy atom. The summed E-state index contributed by atoms with van der Waals surface area (Å²) in [6.07, 6.45) is 0. The van der Waals surface area contributed by atoms with Crippen LogP contribution in [-0.4, -0.2) is 20.9 Å². The number of aromatic nitrogens is 2. The van der Waals surface area contributed by atoms with Crippen LogP contribution in [0.15, 0.2) is 33.9 Å². The summed E-state index contributed by atoms with van der Waals surface area (Å²) in [5.41, 5.74) is -0.921. The van der Waals surface area contributed by atoms with Crippen molar-refractivity contribution in [1.82, 2.24) is 15.3 Å². The first-order valence-corrected chi connectivity index (χ1v) is 6.14. The Morgan fingerprint density at radius 2 is 1.73 bits per heavy atom. The van der Waals surface area contributed by atoms with Crippen LogP contribution in [0.2, 0.25) is 0 Å². The highest BCUT2D eigenvalue weighted by atomic mass is 16.6. The zero-order chi connectivity index (χ0) is 15.9. The van der Waals surface area contributed by atoms with Gasteiger partial charge in [-0.05, 0) is 17.7 Å². The highest BCUT2D eigenvalue weighted by molar-refractivity contribution is 5.92. The van der Waals surface area contributed by atoms with E-state index in [4.69, 9.17) is 0 Å². The molecule has 0 saturated heterocycles. The van der Waals surface area contributed by atoms with Gasteiger partial charge in [0.05, 0.1) is 16.5 Å². The lowest BCUT2D eigenvalue weighted by Gasteiger charge is -2.25. The molecule has 3 rings (SSSR count). The lowest BCUT2D eigenvalue weighted by atomic mass is 9.98. The lowest BCUT2D eigenvalue weighted by molar-refractivity contribution is -0.384. The zero-order valence-electron chi connectivity index (χ0n) is 10.9. The molecule has 1 aliphatic rings. The van der Waals surface area contributed by atoms with Gasteiger partial charge in [-0.2, -0.15) is 0 Å². The number of carbonyl (C=O) groups is 1. The number of aromatic amines is 2. The van der Waals surface area contributed by atoms with E-state index in [2.05, 4.69) is 20.6 Å². The predicted octanol–water partition coefficient (Wildman–Crippen LogP) is 0.196. The van der Waals surface area contributed by atoms with Gasteiger partial charge >= 0.3 is 11.7 Å². The number of hydrogen-bond donors (Lipinski definition) is 4. The van der Waals surface area contributed by atoms with Crippen molar-refractivity contribution in [3.05, 3.63) is 66.3 Å². The fourth-order valence-electron chi connectivity index (χ4n) is 2.26. The molecule has 0 bridgehead atoms. The summed E-state index contributed by atoms with van der Waals surface area (Å²) < 4.78 is 0. The van der Waals surface area contributed by atoms with Crippen LogP contribution in [0.5, 0.6) is 0 Å². The minimum Gasteiger partial charge on any atom is -0.327 e. The quantitative estimate of drug-likeness (QED) is 0.461. The van der Waals surface area contributed by atoms with Gasteiger partial charge in [0, 0.05) is 12.1 Å². The fourth-order valence-corrected chi connectivity index (χ4v) is 2.26. The Kier molecular flexibility index (Phi) is 2.98. The first kappa shape index (κ1) is 13.5. The molecule has 1 atom stereocenters. The van der Waals surface area contributed by atoms with Crippen LogP contribution in [-0.2, 0) is 0 Å². The number of hydrogen-bond acceptors (Lipinski definition) is 5. The molecule has 0 spiro atoms. The van der Waals surface area contributed by atoms with E-state index in [1.807, 2.05) is 0 Å². The van der Waals surface area contributed by atoms with Crippen LogP contribution in [0.3, 0.4) is 0 Å². The van der Waals surface area contributed by atoms with Crippen LogP contribution in [0.1, 0.15) is 17.2 Å². The van der Waals surface area contributed by atoms with Crippen molar-refractivity contribution >= 4 is 17.5 Å². The molecular formula is C12H9N5O5. The van der Waals surface area contributed by atoms with E-state index >= 15 is 0 Å². The molecule has 4 N–H and O–H groups in total. The molecule has 2 aromatic rings. The van der Waals surface area contributed by atoms with Crippen molar-refractivity contribution in [3.63, 3.8) is 0 Å². The number of anilines is 1. The third-order valence-corrected chi connectivity index (χ3v) is 3.22. The van der Waals surface area contributed by atoms with Gasteiger partial charge in [-0.15, -0.1) is 0 Å². The standard InChI is InChI=1S/C12H9N5O5/c18-10-7-8(5-1-3-6(4-2-5)17(21)22)13-11(19)14-9(7)15-12(20)16-10/h1-4,8H,(H4,13,14,15,16,18,19,20). The maximum Gasteiger partial charge on any atom is 0.327 e. The first-order valence-electron chi connectivity index (χ1n) is 6.14. The second kappa shape index (κ2) is 4.84. The van der Waals surface area contributed by atoms with Crippen molar-refractivity contribution in [3.8, 4) is 0 Å². The minimum atomic E-state index is -0.829. The van der Waals surface area contributed by atoms with Crippen LogP contribution >= 0.6 is 0 Å². The summed E-state index contributed by atoms with van der Waals surface area (Å²) in [7, 11) is 0. The van der Waals surface area contributed by atoms with Gasteiger partial charge in [0.1, 0.15) is 5.82 Å². The van der Waals surface area contributed by atoms with Gasteiger partial charge in [0.25, 0.3) is 11.2 Å². The van der Waals surface area contributed by atoms with Crippen LogP contribution < -0.4 is 21.9 Å². The van der Waals surface area contributed by atoms with E-state index < -0.39 is 28.2 Å². The van der Waals surface area contributed by atoms with E-state index in [0.717, 1.165) is 0 Å². The third kappa shape index (κ3) is 2.22. The molecular weight excluding hydrogens is 294 g/mol. The van der Waals surface area contributed by atoms with E-state index in [0.29, 0.717) is 5.56 Å². The average Bonchev–Trinajstić information content (AvgIpc) is 2.45. The number of fused-ring (bicyclic) bond motifs is 1. The summed E-state index contributed by atoms with van der Waals surface area (Å²) in [5, 5.41) is 15.5. The van der Waals surface area contributed by atoms with E-state index in [1.165, 1.54) is 24.3 Å². The minimum absolute atomic E-state index is 0.000790. The van der Waals surface area contributed by atoms with Gasteiger partial charge < -0.3 is 5.32 Å². The van der Waals surface area contributed by atoms with E-state index in [9.17, 15) is 24.5 Å². The second-order valence-corrected chi connectivity index (χ2v) is 4.58. The SMILES string of the molecule is O=C1Nc2[nH]c(=O)[nH]c(=O)c2C(c2ccc([N+](=O)[O-])cc2)N1. The van der Waals surface area contributed by atoms with Gasteiger partial charge in [0.2, 0.25) is 0 Å². The van der Waals surface area contributed by atoms with Gasteiger partial charge in [-0.1, -0.05) is 0 Å².